The fraction of sp³-hybridized carbons (Fsp3) is 0.600. The van der Waals surface area contributed by atoms with Crippen LogP contribution >= 0.6 is 22.9 Å². The first-order valence-corrected chi connectivity index (χ1v) is 6.01. The Morgan fingerprint density at radius 2 is 2.29 bits per heavy atom. The third-order valence-corrected chi connectivity index (χ3v) is 3.60. The van der Waals surface area contributed by atoms with Gasteiger partial charge in [0.05, 0.1) is 10.4 Å². The summed E-state index contributed by atoms with van der Waals surface area (Å²) in [6.45, 7) is 2.61. The Kier molecular flexibility index (Phi) is 4.89. The minimum absolute atomic E-state index is 0.148. The molecule has 4 heteroatoms. The molecule has 3 N–H and O–H groups in total. The number of thiophene rings is 1. The molecule has 1 aromatic heterocycles. The highest BCUT2D eigenvalue weighted by Crippen LogP contribution is 2.32. The van der Waals surface area contributed by atoms with E-state index in [-0.39, 0.29) is 5.92 Å². The molecule has 0 aliphatic rings. The lowest BCUT2D eigenvalue weighted by molar-refractivity contribution is 0.110. The van der Waals surface area contributed by atoms with Crippen LogP contribution in [0.5, 0.6) is 0 Å². The van der Waals surface area contributed by atoms with Gasteiger partial charge in [0, 0.05) is 10.8 Å². The average Bonchev–Trinajstić information content (AvgIpc) is 2.60. The molecule has 1 heterocycles. The molecule has 0 radical (unpaired) electrons. The van der Waals surface area contributed by atoms with Crippen LogP contribution in [-0.2, 0) is 0 Å². The van der Waals surface area contributed by atoms with Crippen molar-refractivity contribution >= 4 is 22.9 Å². The lowest BCUT2D eigenvalue weighted by Gasteiger charge is -2.19. The molecular formula is C10H16ClNOS. The molecule has 0 saturated heterocycles. The van der Waals surface area contributed by atoms with Crippen LogP contribution in [0.4, 0.5) is 0 Å². The van der Waals surface area contributed by atoms with Crippen molar-refractivity contribution in [1.82, 2.24) is 0 Å². The maximum absolute atomic E-state index is 10.00. The Hall–Kier alpha value is -0.0900. The van der Waals surface area contributed by atoms with Crippen LogP contribution in [-0.4, -0.2) is 11.7 Å². The monoisotopic (exact) mass is 233 g/mol. The SMILES string of the molecule is CCCC(CN)C(O)c1ccc(Cl)s1. The van der Waals surface area contributed by atoms with Crippen LogP contribution in [0.2, 0.25) is 4.34 Å². The van der Waals surface area contributed by atoms with Gasteiger partial charge in [-0.2, -0.15) is 0 Å². The summed E-state index contributed by atoms with van der Waals surface area (Å²) >= 11 is 7.23. The van der Waals surface area contributed by atoms with Crippen LogP contribution in [0.15, 0.2) is 12.1 Å². The van der Waals surface area contributed by atoms with Gasteiger partial charge in [0.2, 0.25) is 0 Å². The van der Waals surface area contributed by atoms with Crippen LogP contribution < -0.4 is 5.73 Å². The standard InChI is InChI=1S/C10H16ClNOS/c1-2-3-7(6-12)10(13)8-4-5-9(11)14-8/h4-5,7,10,13H,2-3,6,12H2,1H3. The van der Waals surface area contributed by atoms with E-state index in [0.717, 1.165) is 17.7 Å². The van der Waals surface area contributed by atoms with E-state index in [1.807, 2.05) is 12.1 Å². The zero-order valence-electron chi connectivity index (χ0n) is 8.24. The number of aliphatic hydroxyl groups is 1. The van der Waals surface area contributed by atoms with Crippen LogP contribution in [0.1, 0.15) is 30.7 Å². The highest BCUT2D eigenvalue weighted by Gasteiger charge is 2.20. The third kappa shape index (κ3) is 2.95. The van der Waals surface area contributed by atoms with Gasteiger partial charge in [-0.15, -0.1) is 11.3 Å². The lowest BCUT2D eigenvalue weighted by atomic mass is 9.96. The van der Waals surface area contributed by atoms with Gasteiger partial charge in [-0.3, -0.25) is 0 Å². The number of rotatable bonds is 5. The number of hydrogen-bond acceptors (Lipinski definition) is 3. The number of aliphatic hydroxyl groups excluding tert-OH is 1. The largest absolute Gasteiger partial charge is 0.387 e. The van der Waals surface area contributed by atoms with Crippen LogP contribution in [0.25, 0.3) is 0 Å². The summed E-state index contributed by atoms with van der Waals surface area (Å²) in [5.74, 6) is 0.148. The molecule has 0 aromatic carbocycles. The molecule has 0 aliphatic heterocycles. The molecule has 0 saturated carbocycles. The zero-order valence-corrected chi connectivity index (χ0v) is 9.81. The van der Waals surface area contributed by atoms with Gasteiger partial charge >= 0.3 is 0 Å². The molecule has 80 valence electrons. The summed E-state index contributed by atoms with van der Waals surface area (Å²) in [6, 6.07) is 3.68. The Labute approximate surface area is 93.7 Å². The van der Waals surface area contributed by atoms with Gasteiger partial charge < -0.3 is 10.8 Å². The van der Waals surface area contributed by atoms with E-state index in [1.165, 1.54) is 11.3 Å². The molecule has 0 fully saturated rings. The van der Waals surface area contributed by atoms with Crippen molar-refractivity contribution in [2.45, 2.75) is 25.9 Å². The lowest BCUT2D eigenvalue weighted by Crippen LogP contribution is -2.21. The van der Waals surface area contributed by atoms with E-state index < -0.39 is 6.10 Å². The quantitative estimate of drug-likeness (QED) is 0.822. The first kappa shape index (κ1) is 12.0. The molecule has 0 amide bonds. The molecule has 14 heavy (non-hydrogen) atoms. The second-order valence-electron chi connectivity index (χ2n) is 3.37. The van der Waals surface area contributed by atoms with E-state index >= 15 is 0 Å². The van der Waals surface area contributed by atoms with Gasteiger partial charge in [-0.05, 0) is 25.1 Å². The van der Waals surface area contributed by atoms with E-state index in [4.69, 9.17) is 17.3 Å². The Balaban J connectivity index is 2.66. The molecular weight excluding hydrogens is 218 g/mol. The smallest absolute Gasteiger partial charge is 0.0932 e. The molecule has 0 spiro atoms. The fourth-order valence-electron chi connectivity index (χ4n) is 1.49. The first-order chi connectivity index (χ1) is 6.69. The van der Waals surface area contributed by atoms with Crippen molar-refractivity contribution < 1.29 is 5.11 Å². The Morgan fingerprint density at radius 1 is 1.57 bits per heavy atom. The predicted octanol–water partition coefficient (Wildman–Crippen LogP) is 2.81. The summed E-state index contributed by atoms with van der Waals surface area (Å²) in [5.41, 5.74) is 5.62. The second-order valence-corrected chi connectivity index (χ2v) is 5.12. The van der Waals surface area contributed by atoms with Gasteiger partial charge in [0.25, 0.3) is 0 Å². The Bertz CT molecular complexity index is 277. The van der Waals surface area contributed by atoms with Gasteiger partial charge in [-0.1, -0.05) is 24.9 Å². The highest BCUT2D eigenvalue weighted by atomic mass is 35.5. The number of halogens is 1. The molecule has 2 atom stereocenters. The average molecular weight is 234 g/mol. The van der Waals surface area contributed by atoms with Crippen molar-refractivity contribution in [2.75, 3.05) is 6.54 Å². The van der Waals surface area contributed by atoms with Crippen molar-refractivity contribution in [1.29, 1.82) is 0 Å². The van der Waals surface area contributed by atoms with Gasteiger partial charge in [0.1, 0.15) is 0 Å². The zero-order chi connectivity index (χ0) is 10.6. The van der Waals surface area contributed by atoms with Gasteiger partial charge in [-0.25, -0.2) is 0 Å². The molecule has 0 aliphatic carbocycles. The van der Waals surface area contributed by atoms with Crippen LogP contribution in [0, 0.1) is 5.92 Å². The maximum Gasteiger partial charge on any atom is 0.0932 e. The van der Waals surface area contributed by atoms with E-state index in [1.54, 1.807) is 0 Å². The highest BCUT2D eigenvalue weighted by molar-refractivity contribution is 7.16. The minimum atomic E-state index is -0.461. The second kappa shape index (κ2) is 5.71. The molecule has 2 nitrogen and oxygen atoms in total. The molecule has 0 bridgehead atoms. The van der Waals surface area contributed by atoms with Gasteiger partial charge in [0.15, 0.2) is 0 Å². The first-order valence-electron chi connectivity index (χ1n) is 4.82. The third-order valence-electron chi connectivity index (χ3n) is 2.29. The Morgan fingerprint density at radius 3 is 2.71 bits per heavy atom. The van der Waals surface area contributed by atoms with Crippen molar-refractivity contribution in [3.63, 3.8) is 0 Å². The summed E-state index contributed by atoms with van der Waals surface area (Å²) < 4.78 is 0.714. The normalized spacial score (nSPS) is 15.4. The van der Waals surface area contributed by atoms with Crippen LogP contribution in [0.3, 0.4) is 0 Å². The summed E-state index contributed by atoms with van der Waals surface area (Å²) in [4.78, 5) is 0.916. The summed E-state index contributed by atoms with van der Waals surface area (Å²) in [5, 5.41) is 10.00. The fourth-order valence-corrected chi connectivity index (χ4v) is 2.64. The predicted molar refractivity (Wildman–Crippen MR) is 61.7 cm³/mol. The maximum atomic E-state index is 10.00. The molecule has 1 aromatic rings. The summed E-state index contributed by atoms with van der Waals surface area (Å²) in [7, 11) is 0. The van der Waals surface area contributed by atoms with Crippen molar-refractivity contribution in [3.8, 4) is 0 Å². The molecule has 2 unspecified atom stereocenters. The topological polar surface area (TPSA) is 46.2 Å². The van der Waals surface area contributed by atoms with E-state index in [9.17, 15) is 5.11 Å². The molecule has 1 rings (SSSR count). The van der Waals surface area contributed by atoms with Crippen molar-refractivity contribution in [3.05, 3.63) is 21.3 Å². The van der Waals surface area contributed by atoms with E-state index in [0.29, 0.717) is 10.9 Å². The van der Waals surface area contributed by atoms with E-state index in [2.05, 4.69) is 6.92 Å². The van der Waals surface area contributed by atoms with Crippen molar-refractivity contribution in [2.24, 2.45) is 11.7 Å². The minimum Gasteiger partial charge on any atom is -0.387 e. The summed E-state index contributed by atoms with van der Waals surface area (Å²) in [6.07, 6.45) is 1.53. The number of nitrogens with two attached hydrogens (primary N) is 1. The number of hydrogen-bond donors (Lipinski definition) is 2.